The van der Waals surface area contributed by atoms with E-state index in [1.54, 1.807) is 0 Å². The van der Waals surface area contributed by atoms with E-state index in [0.29, 0.717) is 29.3 Å². The summed E-state index contributed by atoms with van der Waals surface area (Å²) in [6.07, 6.45) is 11.2. The van der Waals surface area contributed by atoms with Crippen molar-refractivity contribution in [2.24, 2.45) is 17.8 Å². The van der Waals surface area contributed by atoms with Crippen molar-refractivity contribution in [3.63, 3.8) is 0 Å². The molecule has 0 spiro atoms. The number of carboxylic acid groups (broad SMARTS) is 1. The second-order valence-corrected chi connectivity index (χ2v) is 10.8. The summed E-state index contributed by atoms with van der Waals surface area (Å²) in [5.74, 6) is -1.81. The van der Waals surface area contributed by atoms with Crippen molar-refractivity contribution in [1.29, 1.82) is 0 Å². The van der Waals surface area contributed by atoms with Crippen molar-refractivity contribution in [3.05, 3.63) is 16.0 Å². The third-order valence-corrected chi connectivity index (χ3v) is 8.51. The smallest absolute Gasteiger partial charge is 0.307 e. The van der Waals surface area contributed by atoms with E-state index in [2.05, 4.69) is 17.6 Å². The minimum Gasteiger partial charge on any atom is -0.481 e. The molecule has 2 saturated carbocycles. The molecular formula is C24H34N2O4S. The number of thiophene rings is 1. The first-order chi connectivity index (χ1) is 14.9. The summed E-state index contributed by atoms with van der Waals surface area (Å²) in [5, 5.41) is 16.4. The normalized spacial score (nSPS) is 26.7. The summed E-state index contributed by atoms with van der Waals surface area (Å²) in [6.45, 7) is 2.22. The number of hydrogen-bond acceptors (Lipinski definition) is 4. The lowest BCUT2D eigenvalue weighted by Crippen LogP contribution is -2.38. The minimum absolute atomic E-state index is 0.0762. The molecule has 3 aliphatic rings. The Kier molecular flexibility index (Phi) is 6.99. The van der Waals surface area contributed by atoms with Gasteiger partial charge in [-0.15, -0.1) is 11.3 Å². The van der Waals surface area contributed by atoms with Crippen LogP contribution in [0.2, 0.25) is 0 Å². The van der Waals surface area contributed by atoms with E-state index in [-0.39, 0.29) is 17.9 Å². The van der Waals surface area contributed by atoms with E-state index in [9.17, 15) is 19.5 Å². The zero-order valence-corrected chi connectivity index (χ0v) is 19.2. The van der Waals surface area contributed by atoms with E-state index in [1.807, 2.05) is 0 Å². The molecule has 2 amide bonds. The molecule has 1 aromatic heterocycles. The van der Waals surface area contributed by atoms with Crippen LogP contribution in [0, 0.1) is 17.8 Å². The fourth-order valence-electron chi connectivity index (χ4n) is 5.53. The van der Waals surface area contributed by atoms with Crippen LogP contribution in [0.3, 0.4) is 0 Å². The SMILES string of the molecule is C[C@@H]1CCc2c(sc(NC(=O)[C@@H]3CCCC[C@@H]3C(=O)O)c2C(=O)NC2CCCCC2)C1. The van der Waals surface area contributed by atoms with E-state index < -0.39 is 17.8 Å². The third kappa shape index (κ3) is 4.97. The first-order valence-electron chi connectivity index (χ1n) is 11.9. The van der Waals surface area contributed by atoms with E-state index >= 15 is 0 Å². The number of nitrogens with one attached hydrogen (secondary N) is 2. The number of carbonyl (C=O) groups excluding carboxylic acids is 2. The molecule has 170 valence electrons. The van der Waals surface area contributed by atoms with Crippen molar-refractivity contribution >= 4 is 34.1 Å². The molecule has 3 atom stereocenters. The molecule has 1 heterocycles. The lowest BCUT2D eigenvalue weighted by Gasteiger charge is -2.27. The van der Waals surface area contributed by atoms with Crippen LogP contribution in [0.25, 0.3) is 0 Å². The number of fused-ring (bicyclic) bond motifs is 1. The Labute approximate surface area is 188 Å². The maximum Gasteiger partial charge on any atom is 0.307 e. The molecule has 0 aromatic carbocycles. The van der Waals surface area contributed by atoms with Gasteiger partial charge in [0.1, 0.15) is 5.00 Å². The van der Waals surface area contributed by atoms with Gasteiger partial charge in [-0.2, -0.15) is 0 Å². The van der Waals surface area contributed by atoms with Crippen LogP contribution >= 0.6 is 11.3 Å². The van der Waals surface area contributed by atoms with Crippen molar-refractivity contribution in [1.82, 2.24) is 5.32 Å². The van der Waals surface area contributed by atoms with Gasteiger partial charge in [-0.3, -0.25) is 14.4 Å². The molecule has 0 unspecified atom stereocenters. The fraction of sp³-hybridized carbons (Fsp3) is 0.708. The predicted molar refractivity (Wildman–Crippen MR) is 122 cm³/mol. The standard InChI is InChI=1S/C24H34N2O4S/c1-14-11-12-18-19(13-14)31-23(20(18)22(28)25-15-7-3-2-4-8-15)26-21(27)16-9-5-6-10-17(16)24(29)30/h14-17H,2-13H2,1H3,(H,25,28)(H,26,27)(H,29,30)/t14-,16-,17+/m1/s1. The summed E-state index contributed by atoms with van der Waals surface area (Å²) in [4.78, 5) is 39.3. The Hall–Kier alpha value is -1.89. The summed E-state index contributed by atoms with van der Waals surface area (Å²) >= 11 is 1.52. The molecule has 0 bridgehead atoms. The second-order valence-electron chi connectivity index (χ2n) is 9.69. The van der Waals surface area contributed by atoms with Crippen LogP contribution in [-0.4, -0.2) is 28.9 Å². The molecular weight excluding hydrogens is 412 g/mol. The third-order valence-electron chi connectivity index (χ3n) is 7.34. The summed E-state index contributed by atoms with van der Waals surface area (Å²) < 4.78 is 0. The molecule has 0 aliphatic heterocycles. The lowest BCUT2D eigenvalue weighted by atomic mass is 9.78. The number of anilines is 1. The van der Waals surface area contributed by atoms with Gasteiger partial charge in [0.05, 0.1) is 17.4 Å². The molecule has 1 aromatic rings. The number of carboxylic acids is 1. The minimum atomic E-state index is -0.894. The van der Waals surface area contributed by atoms with Gasteiger partial charge in [-0.05, 0) is 56.4 Å². The molecule has 31 heavy (non-hydrogen) atoms. The number of amides is 2. The molecule has 3 aliphatic carbocycles. The number of rotatable bonds is 5. The Balaban J connectivity index is 1.58. The van der Waals surface area contributed by atoms with Gasteiger partial charge in [0.2, 0.25) is 5.91 Å². The Morgan fingerprint density at radius 2 is 1.61 bits per heavy atom. The molecule has 6 nitrogen and oxygen atoms in total. The topological polar surface area (TPSA) is 95.5 Å². The summed E-state index contributed by atoms with van der Waals surface area (Å²) in [5.41, 5.74) is 1.72. The van der Waals surface area contributed by atoms with Crippen LogP contribution in [0.4, 0.5) is 5.00 Å². The van der Waals surface area contributed by atoms with E-state index in [0.717, 1.165) is 63.4 Å². The lowest BCUT2D eigenvalue weighted by molar-refractivity contribution is -0.147. The molecule has 7 heteroatoms. The highest BCUT2D eigenvalue weighted by molar-refractivity contribution is 7.17. The van der Waals surface area contributed by atoms with Gasteiger partial charge in [0.15, 0.2) is 0 Å². The molecule has 2 fully saturated rings. The van der Waals surface area contributed by atoms with Gasteiger partial charge in [-0.1, -0.05) is 39.0 Å². The predicted octanol–water partition coefficient (Wildman–Crippen LogP) is 4.76. The number of hydrogen-bond donors (Lipinski definition) is 3. The highest BCUT2D eigenvalue weighted by Crippen LogP contribution is 2.41. The van der Waals surface area contributed by atoms with Gasteiger partial charge in [0, 0.05) is 10.9 Å². The van der Waals surface area contributed by atoms with Gasteiger partial charge in [-0.25, -0.2) is 0 Å². The van der Waals surface area contributed by atoms with Crippen molar-refractivity contribution in [3.8, 4) is 0 Å². The first-order valence-corrected chi connectivity index (χ1v) is 12.7. The second kappa shape index (κ2) is 9.72. The van der Waals surface area contributed by atoms with Crippen molar-refractivity contribution in [2.45, 2.75) is 90.0 Å². The zero-order chi connectivity index (χ0) is 22.0. The largest absolute Gasteiger partial charge is 0.481 e. The average Bonchev–Trinajstić information content (AvgIpc) is 3.11. The highest BCUT2D eigenvalue weighted by atomic mass is 32.1. The van der Waals surface area contributed by atoms with Gasteiger partial charge >= 0.3 is 5.97 Å². The molecule has 4 rings (SSSR count). The van der Waals surface area contributed by atoms with Crippen molar-refractivity contribution in [2.75, 3.05) is 5.32 Å². The van der Waals surface area contributed by atoms with Crippen LogP contribution in [0.1, 0.15) is 91.9 Å². The maximum atomic E-state index is 13.3. The average molecular weight is 447 g/mol. The Morgan fingerprint density at radius 1 is 0.935 bits per heavy atom. The number of carbonyl (C=O) groups is 3. The van der Waals surface area contributed by atoms with Crippen molar-refractivity contribution < 1.29 is 19.5 Å². The fourth-order valence-corrected chi connectivity index (χ4v) is 6.94. The monoisotopic (exact) mass is 446 g/mol. The maximum absolute atomic E-state index is 13.3. The molecule has 3 N–H and O–H groups in total. The van der Waals surface area contributed by atoms with Crippen LogP contribution in [0.5, 0.6) is 0 Å². The van der Waals surface area contributed by atoms with Gasteiger partial charge < -0.3 is 15.7 Å². The van der Waals surface area contributed by atoms with Crippen LogP contribution < -0.4 is 10.6 Å². The Bertz CT molecular complexity index is 843. The zero-order valence-electron chi connectivity index (χ0n) is 18.4. The van der Waals surface area contributed by atoms with Gasteiger partial charge in [0.25, 0.3) is 5.91 Å². The summed E-state index contributed by atoms with van der Waals surface area (Å²) in [7, 11) is 0. The number of aliphatic carboxylic acids is 1. The Morgan fingerprint density at radius 3 is 2.32 bits per heavy atom. The van der Waals surface area contributed by atoms with E-state index in [1.165, 1.54) is 22.6 Å². The van der Waals surface area contributed by atoms with E-state index in [4.69, 9.17) is 0 Å². The molecule has 0 saturated heterocycles. The highest BCUT2D eigenvalue weighted by Gasteiger charge is 2.37. The van der Waals surface area contributed by atoms with Crippen LogP contribution in [0.15, 0.2) is 0 Å². The summed E-state index contributed by atoms with van der Waals surface area (Å²) in [6, 6.07) is 0.206. The quantitative estimate of drug-likeness (QED) is 0.607. The van der Waals surface area contributed by atoms with Crippen LogP contribution in [-0.2, 0) is 22.4 Å². The molecule has 0 radical (unpaired) electrons. The first kappa shape index (κ1) is 22.3.